The number of hydrogen-bond acceptors (Lipinski definition) is 4. The summed E-state index contributed by atoms with van der Waals surface area (Å²) in [4.78, 5) is 24.3. The zero-order valence-electron chi connectivity index (χ0n) is 12.8. The van der Waals surface area contributed by atoms with Crippen molar-refractivity contribution in [3.63, 3.8) is 0 Å². The van der Waals surface area contributed by atoms with Crippen molar-refractivity contribution in [3.8, 4) is 0 Å². The minimum Gasteiger partial charge on any atom is -0.598 e. The minimum absolute atomic E-state index is 0.110. The first-order valence-corrected chi connectivity index (χ1v) is 8.47. The smallest absolute Gasteiger partial charge is 0.407 e. The van der Waals surface area contributed by atoms with Crippen LogP contribution in [-0.4, -0.2) is 50.3 Å². The number of nitrogens with one attached hydrogen (secondary N) is 1. The van der Waals surface area contributed by atoms with Crippen LogP contribution in [0.15, 0.2) is 0 Å². The highest BCUT2D eigenvalue weighted by Gasteiger charge is 2.51. The summed E-state index contributed by atoms with van der Waals surface area (Å²) in [5.74, 6) is 0.183. The molecule has 0 bridgehead atoms. The number of carboxylic acid groups (broad SMARTS) is 1. The Morgan fingerprint density at radius 1 is 1.43 bits per heavy atom. The second-order valence-corrected chi connectivity index (χ2v) is 9.10. The number of Topliss-reactive ketones (excluding diaryl/α,β-unsaturated/α-hetero) is 1. The summed E-state index contributed by atoms with van der Waals surface area (Å²) in [5, 5.41) is 9.03. The lowest BCUT2D eigenvalue weighted by atomic mass is 9.74. The van der Waals surface area contributed by atoms with Crippen LogP contribution in [-0.2, 0) is 16.2 Å². The number of nitrogens with zero attached hydrogens (tertiary/aromatic N) is 1. The molecule has 0 aromatic heterocycles. The maximum Gasteiger partial charge on any atom is 0.407 e. The van der Waals surface area contributed by atoms with Gasteiger partial charge in [0.15, 0.2) is 0 Å². The molecule has 7 heteroatoms. The Balaban J connectivity index is 2.07. The van der Waals surface area contributed by atoms with Gasteiger partial charge in [-0.05, 0) is 33.6 Å². The molecule has 1 amide bonds. The van der Waals surface area contributed by atoms with E-state index in [-0.39, 0.29) is 22.0 Å². The van der Waals surface area contributed by atoms with Gasteiger partial charge < -0.3 is 14.6 Å². The van der Waals surface area contributed by atoms with Crippen LogP contribution >= 0.6 is 0 Å². The third-order valence-electron chi connectivity index (χ3n) is 4.56. The van der Waals surface area contributed by atoms with Crippen molar-refractivity contribution in [1.29, 1.82) is 0 Å². The van der Waals surface area contributed by atoms with E-state index in [1.807, 2.05) is 20.8 Å². The van der Waals surface area contributed by atoms with Gasteiger partial charge in [0.2, 0.25) is 0 Å². The lowest BCUT2D eigenvalue weighted by Crippen LogP contribution is -2.53. The van der Waals surface area contributed by atoms with Crippen molar-refractivity contribution in [2.45, 2.75) is 57.2 Å². The Hall–Kier alpha value is -0.790. The molecular weight excluding hydrogens is 292 g/mol. The number of carbonyl (C=O) groups is 2. The van der Waals surface area contributed by atoms with Crippen molar-refractivity contribution in [2.24, 2.45) is 5.41 Å². The summed E-state index contributed by atoms with van der Waals surface area (Å²) in [5.41, 5.74) is -0.232. The molecule has 1 aliphatic heterocycles. The number of ketones is 1. The van der Waals surface area contributed by atoms with Crippen molar-refractivity contribution >= 4 is 23.2 Å². The molecule has 6 nitrogen and oxygen atoms in total. The second kappa shape index (κ2) is 5.78. The molecule has 0 aromatic carbocycles. The predicted octanol–water partition coefficient (Wildman–Crippen LogP) is 1.53. The molecule has 1 unspecified atom stereocenters. The van der Waals surface area contributed by atoms with E-state index in [1.54, 1.807) is 0 Å². The van der Waals surface area contributed by atoms with Gasteiger partial charge in [0, 0.05) is 42.7 Å². The van der Waals surface area contributed by atoms with Gasteiger partial charge in [-0.25, -0.2) is 4.79 Å². The molecule has 2 N–H and O–H groups in total. The number of piperidine rings is 1. The van der Waals surface area contributed by atoms with E-state index in [9.17, 15) is 14.1 Å². The standard InChI is InChI=1S/C14H24N2O4S/c1-13(2,3)21(20)15-11-8-10(17)9-14(11)4-6-16(7-5-14)12(18)19/h11,15H,4-9H2,1-3H3,(H,18,19)/t11-,21?/m1/s1. The zero-order valence-corrected chi connectivity index (χ0v) is 13.7. The van der Waals surface area contributed by atoms with Crippen molar-refractivity contribution in [2.75, 3.05) is 13.1 Å². The van der Waals surface area contributed by atoms with Gasteiger partial charge >= 0.3 is 6.09 Å². The predicted molar refractivity (Wildman–Crippen MR) is 80.3 cm³/mol. The number of amides is 1. The fourth-order valence-corrected chi connectivity index (χ4v) is 4.12. The number of likely N-dealkylation sites (tertiary alicyclic amines) is 1. The third kappa shape index (κ3) is 3.52. The van der Waals surface area contributed by atoms with Gasteiger partial charge in [0.25, 0.3) is 0 Å². The number of hydrogen-bond donors (Lipinski definition) is 2. The number of rotatable bonds is 2. The Kier molecular flexibility index (Phi) is 4.56. The van der Waals surface area contributed by atoms with Crippen LogP contribution < -0.4 is 4.72 Å². The molecule has 2 rings (SSSR count). The van der Waals surface area contributed by atoms with Gasteiger partial charge in [-0.15, -0.1) is 4.72 Å². The molecule has 120 valence electrons. The van der Waals surface area contributed by atoms with E-state index >= 15 is 0 Å². The summed E-state index contributed by atoms with van der Waals surface area (Å²) in [7, 11) is 0. The van der Waals surface area contributed by atoms with E-state index in [0.717, 1.165) is 0 Å². The molecular formula is C14H24N2O4S. The topological polar surface area (TPSA) is 92.7 Å². The zero-order chi connectivity index (χ0) is 15.8. The molecule has 0 aromatic rings. The lowest BCUT2D eigenvalue weighted by molar-refractivity contribution is -0.118. The molecule has 1 spiro atoms. The molecule has 1 saturated carbocycles. The normalized spacial score (nSPS) is 27.1. The lowest BCUT2D eigenvalue weighted by Gasteiger charge is -2.42. The van der Waals surface area contributed by atoms with Gasteiger partial charge in [-0.1, -0.05) is 0 Å². The van der Waals surface area contributed by atoms with Crippen LogP contribution in [0.25, 0.3) is 0 Å². The van der Waals surface area contributed by atoms with E-state index in [0.29, 0.717) is 38.8 Å². The second-order valence-electron chi connectivity index (χ2n) is 7.10. The summed E-state index contributed by atoms with van der Waals surface area (Å²) in [6, 6.07) is -0.110. The third-order valence-corrected chi connectivity index (χ3v) is 6.17. The minimum atomic E-state index is -1.22. The monoisotopic (exact) mass is 316 g/mol. The Morgan fingerprint density at radius 3 is 2.48 bits per heavy atom. The first-order chi connectivity index (χ1) is 9.64. The molecule has 2 atom stereocenters. The van der Waals surface area contributed by atoms with Crippen molar-refractivity contribution in [3.05, 3.63) is 0 Å². The van der Waals surface area contributed by atoms with E-state index in [4.69, 9.17) is 5.11 Å². The molecule has 1 heterocycles. The van der Waals surface area contributed by atoms with Crippen LogP contribution in [0, 0.1) is 5.41 Å². The first-order valence-electron chi connectivity index (χ1n) is 7.32. The van der Waals surface area contributed by atoms with Crippen LogP contribution in [0.5, 0.6) is 0 Å². The quantitative estimate of drug-likeness (QED) is 0.754. The molecule has 2 fully saturated rings. The largest absolute Gasteiger partial charge is 0.598 e. The van der Waals surface area contributed by atoms with Gasteiger partial charge in [-0.2, -0.15) is 0 Å². The Bertz CT molecular complexity index is 427. The molecule has 0 radical (unpaired) electrons. The summed E-state index contributed by atoms with van der Waals surface area (Å²) < 4.78 is 15.1. The van der Waals surface area contributed by atoms with Crippen LogP contribution in [0.3, 0.4) is 0 Å². The van der Waals surface area contributed by atoms with Crippen molar-refractivity contribution in [1.82, 2.24) is 9.62 Å². The number of carbonyl (C=O) groups excluding carboxylic acids is 1. The summed E-state index contributed by atoms with van der Waals surface area (Å²) in [6.07, 6.45) is 1.28. The van der Waals surface area contributed by atoms with E-state index in [1.165, 1.54) is 4.90 Å². The van der Waals surface area contributed by atoms with Gasteiger partial charge in [0.05, 0.1) is 6.04 Å². The van der Waals surface area contributed by atoms with Crippen LogP contribution in [0.2, 0.25) is 0 Å². The Labute approximate surface area is 128 Å². The molecule has 1 aliphatic carbocycles. The molecule has 21 heavy (non-hydrogen) atoms. The van der Waals surface area contributed by atoms with Crippen LogP contribution in [0.1, 0.15) is 46.5 Å². The highest BCUT2D eigenvalue weighted by atomic mass is 32.2. The van der Waals surface area contributed by atoms with Gasteiger partial charge in [0.1, 0.15) is 10.5 Å². The fraction of sp³-hybridized carbons (Fsp3) is 0.857. The maximum absolute atomic E-state index is 12.3. The average molecular weight is 316 g/mol. The summed E-state index contributed by atoms with van der Waals surface area (Å²) >= 11 is -1.22. The van der Waals surface area contributed by atoms with E-state index in [2.05, 4.69) is 4.72 Å². The first kappa shape index (κ1) is 16.6. The SMILES string of the molecule is CC(C)(C)[S+]([O-])N[C@@H]1CC(=O)CC12CCN(C(=O)O)CC2. The molecule has 1 saturated heterocycles. The Morgan fingerprint density at radius 2 is 2.00 bits per heavy atom. The van der Waals surface area contributed by atoms with E-state index < -0.39 is 17.5 Å². The van der Waals surface area contributed by atoms with Gasteiger partial charge in [-0.3, -0.25) is 4.79 Å². The highest BCUT2D eigenvalue weighted by Crippen LogP contribution is 2.45. The summed E-state index contributed by atoms with van der Waals surface area (Å²) in [6.45, 7) is 6.58. The van der Waals surface area contributed by atoms with Crippen LogP contribution in [0.4, 0.5) is 4.79 Å². The maximum atomic E-state index is 12.3. The fourth-order valence-electron chi connectivity index (χ4n) is 3.17. The highest BCUT2D eigenvalue weighted by molar-refractivity contribution is 7.90. The van der Waals surface area contributed by atoms with Crippen molar-refractivity contribution < 1.29 is 19.2 Å². The average Bonchev–Trinajstić information content (AvgIpc) is 2.64. The molecule has 2 aliphatic rings.